The van der Waals surface area contributed by atoms with Crippen molar-refractivity contribution in [3.63, 3.8) is 0 Å². The van der Waals surface area contributed by atoms with Crippen molar-refractivity contribution < 1.29 is 18.8 Å². The third kappa shape index (κ3) is 3.52. The number of ether oxygens (including phenoxy) is 2. The summed E-state index contributed by atoms with van der Waals surface area (Å²) in [6, 6.07) is 1.62. The SMILES string of the molecule is Cc1cc(C(=O)N[C@@H]2COCC[C@@H]2OCC2CC2)c2c(C)noc2n1. The van der Waals surface area contributed by atoms with Gasteiger partial charge in [0.25, 0.3) is 11.6 Å². The summed E-state index contributed by atoms with van der Waals surface area (Å²) < 4.78 is 16.8. The van der Waals surface area contributed by atoms with Gasteiger partial charge in [-0.2, -0.15) is 0 Å². The third-order valence-corrected chi connectivity index (χ3v) is 4.84. The largest absolute Gasteiger partial charge is 0.379 e. The molecule has 2 aliphatic rings. The molecule has 7 heteroatoms. The van der Waals surface area contributed by atoms with Crippen LogP contribution in [-0.2, 0) is 9.47 Å². The summed E-state index contributed by atoms with van der Waals surface area (Å²) >= 11 is 0. The summed E-state index contributed by atoms with van der Waals surface area (Å²) in [4.78, 5) is 17.2. The van der Waals surface area contributed by atoms with Crippen molar-refractivity contribution in [2.45, 2.75) is 45.3 Å². The zero-order valence-electron chi connectivity index (χ0n) is 14.6. The van der Waals surface area contributed by atoms with Crippen molar-refractivity contribution >= 4 is 17.0 Å². The Bertz CT molecular complexity index is 784. The lowest BCUT2D eigenvalue weighted by Gasteiger charge is -2.32. The van der Waals surface area contributed by atoms with Gasteiger partial charge in [0, 0.05) is 18.9 Å². The molecule has 4 rings (SSSR count). The van der Waals surface area contributed by atoms with Crippen molar-refractivity contribution in [2.24, 2.45) is 5.92 Å². The number of hydrogen-bond acceptors (Lipinski definition) is 6. The van der Waals surface area contributed by atoms with Crippen molar-refractivity contribution in [1.82, 2.24) is 15.5 Å². The van der Waals surface area contributed by atoms with Crippen LogP contribution in [0.1, 0.15) is 41.0 Å². The maximum Gasteiger partial charge on any atom is 0.258 e. The van der Waals surface area contributed by atoms with Gasteiger partial charge in [-0.15, -0.1) is 0 Å². The van der Waals surface area contributed by atoms with Crippen LogP contribution in [-0.4, -0.2) is 48.0 Å². The van der Waals surface area contributed by atoms with Gasteiger partial charge in [-0.05, 0) is 45.1 Å². The van der Waals surface area contributed by atoms with E-state index in [0.29, 0.717) is 41.5 Å². The van der Waals surface area contributed by atoms with Gasteiger partial charge in [0.1, 0.15) is 0 Å². The Morgan fingerprint density at radius 2 is 2.20 bits per heavy atom. The zero-order valence-corrected chi connectivity index (χ0v) is 14.6. The molecule has 25 heavy (non-hydrogen) atoms. The third-order valence-electron chi connectivity index (χ3n) is 4.84. The molecule has 1 N–H and O–H groups in total. The molecule has 1 saturated carbocycles. The van der Waals surface area contributed by atoms with Crippen LogP contribution in [0.25, 0.3) is 11.1 Å². The number of nitrogens with zero attached hydrogens (tertiary/aromatic N) is 2. The van der Waals surface area contributed by atoms with E-state index in [1.807, 2.05) is 13.8 Å². The van der Waals surface area contributed by atoms with Crippen LogP contribution in [0.2, 0.25) is 0 Å². The van der Waals surface area contributed by atoms with Crippen molar-refractivity contribution in [1.29, 1.82) is 0 Å². The monoisotopic (exact) mass is 345 g/mol. The van der Waals surface area contributed by atoms with Gasteiger partial charge >= 0.3 is 0 Å². The molecule has 3 heterocycles. The molecule has 2 fully saturated rings. The molecular formula is C18H23N3O4. The van der Waals surface area contributed by atoms with E-state index in [2.05, 4.69) is 15.5 Å². The number of fused-ring (bicyclic) bond motifs is 1. The molecule has 2 aromatic rings. The highest BCUT2D eigenvalue weighted by Crippen LogP contribution is 2.30. The molecule has 2 aromatic heterocycles. The number of aromatic nitrogens is 2. The molecular weight excluding hydrogens is 322 g/mol. The van der Waals surface area contributed by atoms with E-state index in [-0.39, 0.29) is 18.1 Å². The van der Waals surface area contributed by atoms with E-state index in [0.717, 1.165) is 18.7 Å². The Balaban J connectivity index is 1.53. The van der Waals surface area contributed by atoms with Gasteiger partial charge in [-0.25, -0.2) is 4.98 Å². The number of aryl methyl sites for hydroxylation is 2. The minimum atomic E-state index is -0.169. The first-order chi connectivity index (χ1) is 12.1. The van der Waals surface area contributed by atoms with Crippen LogP contribution in [0.15, 0.2) is 10.6 Å². The minimum absolute atomic E-state index is 0.000275. The fourth-order valence-corrected chi connectivity index (χ4v) is 3.24. The first-order valence-corrected chi connectivity index (χ1v) is 8.85. The number of carbonyl (C=O) groups excluding carboxylic acids is 1. The van der Waals surface area contributed by atoms with Crippen LogP contribution in [0.4, 0.5) is 0 Å². The van der Waals surface area contributed by atoms with E-state index in [9.17, 15) is 4.79 Å². The van der Waals surface area contributed by atoms with Crippen LogP contribution >= 0.6 is 0 Å². The van der Waals surface area contributed by atoms with Crippen molar-refractivity contribution in [3.05, 3.63) is 23.0 Å². The summed E-state index contributed by atoms with van der Waals surface area (Å²) in [7, 11) is 0. The second-order valence-corrected chi connectivity index (χ2v) is 7.02. The maximum atomic E-state index is 12.9. The molecule has 0 spiro atoms. The van der Waals surface area contributed by atoms with Gasteiger partial charge in [-0.1, -0.05) is 5.16 Å². The Labute approximate surface area is 146 Å². The first kappa shape index (κ1) is 16.5. The van der Waals surface area contributed by atoms with Gasteiger partial charge in [0.2, 0.25) is 0 Å². The summed E-state index contributed by atoms with van der Waals surface area (Å²) in [5, 5.41) is 7.67. The van der Waals surface area contributed by atoms with Crippen molar-refractivity contribution in [2.75, 3.05) is 19.8 Å². The van der Waals surface area contributed by atoms with E-state index in [4.69, 9.17) is 14.0 Å². The van der Waals surface area contributed by atoms with Gasteiger partial charge < -0.3 is 19.3 Å². The fraction of sp³-hybridized carbons (Fsp3) is 0.611. The minimum Gasteiger partial charge on any atom is -0.379 e. The standard InChI is InChI=1S/C18H23N3O4/c1-10-7-13(16-11(2)21-25-18(16)19-10)17(22)20-14-9-23-6-5-15(14)24-8-12-3-4-12/h7,12,14-15H,3-6,8-9H2,1-2H3,(H,20,22)/t14-,15+/m1/s1. The number of nitrogens with one attached hydrogen (secondary N) is 1. The van der Waals surface area contributed by atoms with Crippen molar-refractivity contribution in [3.8, 4) is 0 Å². The Morgan fingerprint density at radius 3 is 3.00 bits per heavy atom. The highest BCUT2D eigenvalue weighted by Gasteiger charge is 2.31. The summed E-state index contributed by atoms with van der Waals surface area (Å²) in [6.07, 6.45) is 3.30. The summed E-state index contributed by atoms with van der Waals surface area (Å²) in [6.45, 7) is 5.56. The Hall–Kier alpha value is -1.99. The lowest BCUT2D eigenvalue weighted by Crippen LogP contribution is -2.50. The number of amides is 1. The van der Waals surface area contributed by atoms with Crippen LogP contribution < -0.4 is 5.32 Å². The molecule has 1 aliphatic heterocycles. The lowest BCUT2D eigenvalue weighted by molar-refractivity contribution is -0.0567. The molecule has 0 unspecified atom stereocenters. The number of carbonyl (C=O) groups is 1. The highest BCUT2D eigenvalue weighted by molar-refractivity contribution is 6.06. The van der Waals surface area contributed by atoms with Gasteiger partial charge in [0.05, 0.1) is 35.4 Å². The predicted octanol–water partition coefficient (Wildman–Crippen LogP) is 2.15. The Morgan fingerprint density at radius 1 is 1.36 bits per heavy atom. The van der Waals surface area contributed by atoms with Crippen LogP contribution in [0, 0.1) is 19.8 Å². The molecule has 0 bridgehead atoms. The maximum absolute atomic E-state index is 12.9. The van der Waals surface area contributed by atoms with Gasteiger partial charge in [-0.3, -0.25) is 4.79 Å². The molecule has 7 nitrogen and oxygen atoms in total. The predicted molar refractivity (Wildman–Crippen MR) is 90.4 cm³/mol. The quantitative estimate of drug-likeness (QED) is 0.893. The molecule has 2 atom stereocenters. The molecule has 1 aliphatic carbocycles. The zero-order chi connectivity index (χ0) is 17.4. The molecule has 1 saturated heterocycles. The number of rotatable bonds is 5. The second kappa shape index (κ2) is 6.72. The van der Waals surface area contributed by atoms with E-state index in [1.165, 1.54) is 12.8 Å². The van der Waals surface area contributed by atoms with Gasteiger partial charge in [0.15, 0.2) is 0 Å². The average molecular weight is 345 g/mol. The van der Waals surface area contributed by atoms with Crippen LogP contribution in [0.5, 0.6) is 0 Å². The normalized spacial score (nSPS) is 23.8. The molecule has 134 valence electrons. The fourth-order valence-electron chi connectivity index (χ4n) is 3.24. The lowest BCUT2D eigenvalue weighted by atomic mass is 10.0. The smallest absolute Gasteiger partial charge is 0.258 e. The van der Waals surface area contributed by atoms with E-state index >= 15 is 0 Å². The summed E-state index contributed by atoms with van der Waals surface area (Å²) in [5.41, 5.74) is 2.31. The molecule has 0 radical (unpaired) electrons. The van der Waals surface area contributed by atoms with E-state index < -0.39 is 0 Å². The van der Waals surface area contributed by atoms with Crippen LogP contribution in [0.3, 0.4) is 0 Å². The number of hydrogen-bond donors (Lipinski definition) is 1. The second-order valence-electron chi connectivity index (χ2n) is 7.02. The summed E-state index contributed by atoms with van der Waals surface area (Å²) in [5.74, 6) is 0.527. The molecule has 0 aromatic carbocycles. The first-order valence-electron chi connectivity index (χ1n) is 8.85. The topological polar surface area (TPSA) is 86.5 Å². The Kier molecular flexibility index (Phi) is 4.43. The molecule has 1 amide bonds. The number of pyridine rings is 1. The highest BCUT2D eigenvalue weighted by atomic mass is 16.5. The average Bonchev–Trinajstić information content (AvgIpc) is 3.36. The van der Waals surface area contributed by atoms with E-state index in [1.54, 1.807) is 6.07 Å².